The zero-order valence-electron chi connectivity index (χ0n) is 9.99. The highest BCUT2D eigenvalue weighted by Gasteiger charge is 2.19. The molecule has 0 amide bonds. The average Bonchev–Trinajstić information content (AvgIpc) is 2.67. The zero-order valence-corrected chi connectivity index (χ0v) is 13.1. The molecule has 3 nitrogen and oxygen atoms in total. The second kappa shape index (κ2) is 5.59. The molecule has 2 aromatic heterocycles. The van der Waals surface area contributed by atoms with Crippen LogP contribution in [-0.4, -0.2) is 14.8 Å². The lowest BCUT2D eigenvalue weighted by molar-refractivity contribution is 0.755. The van der Waals surface area contributed by atoms with Crippen LogP contribution in [0, 0.1) is 0 Å². The van der Waals surface area contributed by atoms with Gasteiger partial charge < -0.3 is 0 Å². The number of hydrogen-bond acceptors (Lipinski definition) is 2. The Morgan fingerprint density at radius 3 is 2.56 bits per heavy atom. The molecule has 0 aliphatic rings. The van der Waals surface area contributed by atoms with Crippen LogP contribution in [-0.2, 0) is 5.88 Å². The fourth-order valence-electron chi connectivity index (χ4n) is 1.68. The molecule has 0 spiro atoms. The Morgan fingerprint density at radius 2 is 2.11 bits per heavy atom. The molecule has 6 heteroatoms. The van der Waals surface area contributed by atoms with Gasteiger partial charge in [0, 0.05) is 16.2 Å². The summed E-state index contributed by atoms with van der Waals surface area (Å²) in [5.74, 6) is 1.30. The highest BCUT2D eigenvalue weighted by Crippen LogP contribution is 2.29. The van der Waals surface area contributed by atoms with Gasteiger partial charge in [0.1, 0.15) is 5.15 Å². The molecule has 0 radical (unpaired) electrons. The van der Waals surface area contributed by atoms with Crippen molar-refractivity contribution in [2.45, 2.75) is 25.6 Å². The summed E-state index contributed by atoms with van der Waals surface area (Å²) in [5.41, 5.74) is 1.79. The van der Waals surface area contributed by atoms with Crippen LogP contribution in [0.1, 0.15) is 31.0 Å². The summed E-state index contributed by atoms with van der Waals surface area (Å²) in [7, 11) is 0. The number of aromatic nitrogens is 3. The van der Waals surface area contributed by atoms with E-state index in [9.17, 15) is 0 Å². The van der Waals surface area contributed by atoms with Gasteiger partial charge in [0.15, 0.2) is 5.82 Å². The first-order valence-electron chi connectivity index (χ1n) is 5.49. The number of pyridine rings is 1. The second-order valence-corrected chi connectivity index (χ2v) is 5.73. The van der Waals surface area contributed by atoms with Gasteiger partial charge in [0.25, 0.3) is 0 Å². The van der Waals surface area contributed by atoms with Gasteiger partial charge in [-0.05, 0) is 34.0 Å². The van der Waals surface area contributed by atoms with Crippen LogP contribution in [0.3, 0.4) is 0 Å². The van der Waals surface area contributed by atoms with E-state index in [-0.39, 0.29) is 5.92 Å². The molecule has 96 valence electrons. The molecule has 0 aliphatic heterocycles. The largest absolute Gasteiger partial charge is 0.236 e. The van der Waals surface area contributed by atoms with E-state index in [1.165, 1.54) is 0 Å². The topological polar surface area (TPSA) is 30.7 Å². The summed E-state index contributed by atoms with van der Waals surface area (Å²) < 4.78 is 2.54. The number of hydrogen-bond donors (Lipinski definition) is 0. The molecule has 0 aliphatic carbocycles. The summed E-state index contributed by atoms with van der Waals surface area (Å²) >= 11 is 15.6. The van der Waals surface area contributed by atoms with Gasteiger partial charge in [0.05, 0.1) is 11.6 Å². The maximum Gasteiger partial charge on any atom is 0.155 e. The van der Waals surface area contributed by atoms with Gasteiger partial charge >= 0.3 is 0 Å². The number of rotatable bonds is 3. The van der Waals surface area contributed by atoms with Gasteiger partial charge in [0.2, 0.25) is 0 Å². The number of halogens is 3. The predicted molar refractivity (Wildman–Crippen MR) is 77.7 cm³/mol. The van der Waals surface area contributed by atoms with E-state index in [1.807, 2.05) is 12.1 Å². The van der Waals surface area contributed by atoms with Gasteiger partial charge in [-0.15, -0.1) is 11.6 Å². The van der Waals surface area contributed by atoms with Gasteiger partial charge in [-0.3, -0.25) is 0 Å². The Labute approximate surface area is 124 Å². The molecule has 18 heavy (non-hydrogen) atoms. The van der Waals surface area contributed by atoms with E-state index in [2.05, 4.69) is 39.9 Å². The highest BCUT2D eigenvalue weighted by atomic mass is 79.9. The van der Waals surface area contributed by atoms with E-state index in [4.69, 9.17) is 23.2 Å². The molecule has 0 saturated heterocycles. The van der Waals surface area contributed by atoms with Crippen LogP contribution >= 0.6 is 39.1 Å². The molecular formula is C12H12BrCl2N3. The van der Waals surface area contributed by atoms with Crippen LogP contribution < -0.4 is 0 Å². The summed E-state index contributed by atoms with van der Waals surface area (Å²) in [6.45, 7) is 4.13. The van der Waals surface area contributed by atoms with Crippen molar-refractivity contribution < 1.29 is 0 Å². The highest BCUT2D eigenvalue weighted by molar-refractivity contribution is 9.10. The molecule has 0 saturated carbocycles. The van der Waals surface area contributed by atoms with Crippen molar-refractivity contribution in [3.8, 4) is 5.82 Å². The minimum atomic E-state index is 0.271. The van der Waals surface area contributed by atoms with Crippen LogP contribution in [0.15, 0.2) is 22.8 Å². The molecule has 2 aromatic rings. The fourth-order valence-corrected chi connectivity index (χ4v) is 2.53. The first kappa shape index (κ1) is 13.8. The normalized spacial score (nSPS) is 11.2. The summed E-state index contributed by atoms with van der Waals surface area (Å²) in [5, 5.41) is 5.03. The molecule has 0 atom stereocenters. The molecule has 0 aromatic carbocycles. The Balaban J connectivity index is 2.55. The maximum absolute atomic E-state index is 6.31. The summed E-state index contributed by atoms with van der Waals surface area (Å²) in [6, 6.07) is 3.75. The van der Waals surface area contributed by atoms with Crippen LogP contribution in [0.2, 0.25) is 5.15 Å². The lowest BCUT2D eigenvalue weighted by Crippen LogP contribution is -2.00. The van der Waals surface area contributed by atoms with Crippen molar-refractivity contribution in [3.05, 3.63) is 39.2 Å². The second-order valence-electron chi connectivity index (χ2n) is 4.19. The molecule has 0 fully saturated rings. The maximum atomic E-state index is 6.31. The van der Waals surface area contributed by atoms with Crippen molar-refractivity contribution in [2.24, 2.45) is 0 Å². The van der Waals surface area contributed by atoms with E-state index in [0.29, 0.717) is 16.9 Å². The smallest absolute Gasteiger partial charge is 0.155 e. The Kier molecular flexibility index (Phi) is 4.30. The van der Waals surface area contributed by atoms with Crippen molar-refractivity contribution >= 4 is 39.1 Å². The van der Waals surface area contributed by atoms with Gasteiger partial charge in [-0.2, -0.15) is 5.10 Å². The van der Waals surface area contributed by atoms with E-state index in [0.717, 1.165) is 15.7 Å². The van der Waals surface area contributed by atoms with E-state index >= 15 is 0 Å². The number of nitrogens with zero attached hydrogens (tertiary/aromatic N) is 3. The third-order valence-corrected chi connectivity index (χ3v) is 3.69. The first-order valence-corrected chi connectivity index (χ1v) is 7.20. The van der Waals surface area contributed by atoms with Crippen molar-refractivity contribution in [1.82, 2.24) is 14.8 Å². The van der Waals surface area contributed by atoms with E-state index in [1.54, 1.807) is 10.9 Å². The van der Waals surface area contributed by atoms with Crippen molar-refractivity contribution in [2.75, 3.05) is 0 Å². The fraction of sp³-hybridized carbons (Fsp3) is 0.333. The molecule has 0 N–H and O–H groups in total. The minimum Gasteiger partial charge on any atom is -0.236 e. The van der Waals surface area contributed by atoms with Gasteiger partial charge in [-0.1, -0.05) is 25.4 Å². The lowest BCUT2D eigenvalue weighted by atomic mass is 10.1. The Hall–Kier alpha value is -0.580. The predicted octanol–water partition coefficient (Wildman–Crippen LogP) is 4.55. The third-order valence-electron chi connectivity index (χ3n) is 2.56. The molecular weight excluding hydrogens is 337 g/mol. The van der Waals surface area contributed by atoms with Crippen LogP contribution in [0.5, 0.6) is 0 Å². The quantitative estimate of drug-likeness (QED) is 0.762. The summed E-state index contributed by atoms with van der Waals surface area (Å²) in [4.78, 5) is 4.28. The molecule has 0 unspecified atom stereocenters. The minimum absolute atomic E-state index is 0.271. The zero-order chi connectivity index (χ0) is 13.3. The standard InChI is InChI=1S/C12H12BrCl2N3/c1-7(2)11-9(5-14)12(15)18(17-11)10-4-3-8(13)6-16-10/h3-4,6-7H,5H2,1-2H3. The third kappa shape index (κ3) is 2.56. The molecule has 0 bridgehead atoms. The van der Waals surface area contributed by atoms with E-state index < -0.39 is 0 Å². The van der Waals surface area contributed by atoms with Crippen LogP contribution in [0.4, 0.5) is 0 Å². The molecule has 2 heterocycles. The number of alkyl halides is 1. The molecule has 2 rings (SSSR count). The Bertz CT molecular complexity index is 549. The van der Waals surface area contributed by atoms with Crippen LogP contribution in [0.25, 0.3) is 5.82 Å². The lowest BCUT2D eigenvalue weighted by Gasteiger charge is -2.02. The first-order chi connectivity index (χ1) is 8.54. The monoisotopic (exact) mass is 347 g/mol. The van der Waals surface area contributed by atoms with Crippen molar-refractivity contribution in [3.63, 3.8) is 0 Å². The Morgan fingerprint density at radius 1 is 1.39 bits per heavy atom. The SMILES string of the molecule is CC(C)c1nn(-c2ccc(Br)cn2)c(Cl)c1CCl. The average molecular weight is 349 g/mol. The van der Waals surface area contributed by atoms with Gasteiger partial charge in [-0.25, -0.2) is 9.67 Å². The summed E-state index contributed by atoms with van der Waals surface area (Å²) in [6.07, 6.45) is 1.71. The van der Waals surface area contributed by atoms with Crippen molar-refractivity contribution in [1.29, 1.82) is 0 Å².